The number of rotatable bonds is 4. The van der Waals surface area contributed by atoms with Crippen molar-refractivity contribution >= 4 is 16.9 Å². The van der Waals surface area contributed by atoms with Crippen LogP contribution in [-0.2, 0) is 12.8 Å². The Morgan fingerprint density at radius 1 is 1.22 bits per heavy atom. The van der Waals surface area contributed by atoms with Gasteiger partial charge < -0.3 is 15.2 Å². The normalized spacial score (nSPS) is 18.0. The van der Waals surface area contributed by atoms with Crippen LogP contribution in [0.4, 0.5) is 10.2 Å². The quantitative estimate of drug-likeness (QED) is 0.739. The van der Waals surface area contributed by atoms with Gasteiger partial charge in [-0.15, -0.1) is 0 Å². The number of aromatic nitrogens is 2. The predicted octanol–water partition coefficient (Wildman–Crippen LogP) is 3.50. The molecule has 2 N–H and O–H groups in total. The number of ether oxygens (including phenoxy) is 1. The summed E-state index contributed by atoms with van der Waals surface area (Å²) >= 11 is 0. The fraction of sp³-hybridized carbons (Fsp3) is 0.333. The fourth-order valence-electron chi connectivity index (χ4n) is 3.21. The molecule has 2 aromatic carbocycles. The van der Waals surface area contributed by atoms with E-state index >= 15 is 0 Å². The molecule has 1 aliphatic rings. The molecule has 1 aliphatic heterocycles. The Morgan fingerprint density at radius 3 is 2.78 bits per heavy atom. The Labute approximate surface area is 157 Å². The number of hydrogen-bond donors (Lipinski definition) is 2. The highest BCUT2D eigenvalue weighted by Gasteiger charge is 2.35. The molecule has 0 saturated heterocycles. The molecule has 0 bridgehead atoms. The first-order valence-corrected chi connectivity index (χ1v) is 9.06. The van der Waals surface area contributed by atoms with Crippen LogP contribution in [0.5, 0.6) is 5.75 Å². The molecule has 0 radical (unpaired) electrons. The summed E-state index contributed by atoms with van der Waals surface area (Å²) in [6, 6.07) is 10.3. The van der Waals surface area contributed by atoms with Gasteiger partial charge in [-0.3, -0.25) is 4.98 Å². The predicted molar refractivity (Wildman–Crippen MR) is 103 cm³/mol. The van der Waals surface area contributed by atoms with Crippen molar-refractivity contribution in [2.24, 2.45) is 0 Å². The molecule has 6 heteroatoms. The van der Waals surface area contributed by atoms with Crippen molar-refractivity contribution in [2.75, 3.05) is 11.9 Å². The zero-order valence-corrected chi connectivity index (χ0v) is 15.4. The summed E-state index contributed by atoms with van der Waals surface area (Å²) < 4.78 is 18.9. The molecule has 27 heavy (non-hydrogen) atoms. The molecular weight excluding hydrogens is 345 g/mol. The smallest absolute Gasteiger partial charge is 0.145 e. The molecule has 3 aromatic rings. The van der Waals surface area contributed by atoms with E-state index in [1.807, 2.05) is 26.0 Å². The lowest BCUT2D eigenvalue weighted by atomic mass is 9.91. The minimum atomic E-state index is -0.615. The first-order valence-electron chi connectivity index (χ1n) is 9.06. The molecule has 0 aliphatic carbocycles. The third kappa shape index (κ3) is 3.71. The fourth-order valence-corrected chi connectivity index (χ4v) is 3.21. The molecule has 140 valence electrons. The van der Waals surface area contributed by atoms with Crippen LogP contribution in [0.3, 0.4) is 0 Å². The SMILES string of the molecule is CC1(C)Oc2cc3ncc(NCCc4ccc(F)cc4)nc3cc2CC1O. The highest BCUT2D eigenvalue weighted by atomic mass is 19.1. The van der Waals surface area contributed by atoms with E-state index in [1.54, 1.807) is 18.3 Å². The Kier molecular flexibility index (Phi) is 4.44. The molecule has 1 unspecified atom stereocenters. The summed E-state index contributed by atoms with van der Waals surface area (Å²) in [6.07, 6.45) is 2.43. The molecule has 4 rings (SSSR count). The lowest BCUT2D eigenvalue weighted by molar-refractivity contribution is -0.0410. The zero-order valence-electron chi connectivity index (χ0n) is 15.4. The summed E-state index contributed by atoms with van der Waals surface area (Å²) in [5, 5.41) is 13.5. The molecule has 5 nitrogen and oxygen atoms in total. The molecular formula is C21H22FN3O2. The van der Waals surface area contributed by atoms with E-state index in [1.165, 1.54) is 12.1 Å². The van der Waals surface area contributed by atoms with Gasteiger partial charge in [0.25, 0.3) is 0 Å². The van der Waals surface area contributed by atoms with Gasteiger partial charge >= 0.3 is 0 Å². The summed E-state index contributed by atoms with van der Waals surface area (Å²) in [5.74, 6) is 1.21. The van der Waals surface area contributed by atoms with Crippen molar-refractivity contribution in [2.45, 2.75) is 38.4 Å². The van der Waals surface area contributed by atoms with E-state index in [4.69, 9.17) is 4.74 Å². The van der Waals surface area contributed by atoms with Crippen molar-refractivity contribution in [1.29, 1.82) is 0 Å². The van der Waals surface area contributed by atoms with Crippen LogP contribution >= 0.6 is 0 Å². The van der Waals surface area contributed by atoms with Gasteiger partial charge in [0.2, 0.25) is 0 Å². The Morgan fingerprint density at radius 2 is 2.00 bits per heavy atom. The largest absolute Gasteiger partial charge is 0.485 e. The van der Waals surface area contributed by atoms with Gasteiger partial charge in [-0.05, 0) is 49.6 Å². The van der Waals surface area contributed by atoms with Crippen molar-refractivity contribution in [3.05, 3.63) is 59.5 Å². The second-order valence-electron chi connectivity index (χ2n) is 7.43. The average Bonchev–Trinajstić information content (AvgIpc) is 2.63. The van der Waals surface area contributed by atoms with E-state index in [0.29, 0.717) is 18.8 Å². The minimum Gasteiger partial charge on any atom is -0.485 e. The van der Waals surface area contributed by atoms with E-state index in [0.717, 1.165) is 34.3 Å². The first-order chi connectivity index (χ1) is 12.9. The number of hydrogen-bond acceptors (Lipinski definition) is 5. The maximum absolute atomic E-state index is 13.0. The van der Waals surface area contributed by atoms with Crippen LogP contribution in [0.15, 0.2) is 42.6 Å². The second-order valence-corrected chi connectivity index (χ2v) is 7.43. The standard InChI is InChI=1S/C21H22FN3O2/c1-21(2)19(26)10-14-9-17-16(11-18(14)27-21)24-12-20(25-17)23-8-7-13-3-5-15(22)6-4-13/h3-6,9,11-12,19,26H,7-8,10H2,1-2H3,(H,23,25). The zero-order chi connectivity index (χ0) is 19.0. The molecule has 2 heterocycles. The van der Waals surface area contributed by atoms with Crippen molar-refractivity contribution < 1.29 is 14.2 Å². The van der Waals surface area contributed by atoms with Crippen LogP contribution in [0.2, 0.25) is 0 Å². The van der Waals surface area contributed by atoms with Gasteiger partial charge in [0, 0.05) is 19.0 Å². The summed E-state index contributed by atoms with van der Waals surface area (Å²) in [4.78, 5) is 9.10. The van der Waals surface area contributed by atoms with Gasteiger partial charge in [0.1, 0.15) is 23.0 Å². The van der Waals surface area contributed by atoms with Crippen molar-refractivity contribution in [3.8, 4) is 5.75 Å². The third-order valence-electron chi connectivity index (χ3n) is 4.95. The average molecular weight is 367 g/mol. The molecule has 1 atom stereocenters. The van der Waals surface area contributed by atoms with Crippen LogP contribution in [0.25, 0.3) is 11.0 Å². The molecule has 0 amide bonds. The minimum absolute atomic E-state index is 0.229. The number of halogens is 1. The highest BCUT2D eigenvalue weighted by Crippen LogP contribution is 2.35. The monoisotopic (exact) mass is 367 g/mol. The first kappa shape index (κ1) is 17.7. The van der Waals surface area contributed by atoms with Crippen LogP contribution < -0.4 is 10.1 Å². The molecule has 0 spiro atoms. The van der Waals surface area contributed by atoms with Crippen LogP contribution in [0, 0.1) is 5.82 Å². The van der Waals surface area contributed by atoms with Crippen molar-refractivity contribution in [3.63, 3.8) is 0 Å². The Balaban J connectivity index is 1.50. The number of aliphatic hydroxyl groups excluding tert-OH is 1. The maximum atomic E-state index is 13.0. The van der Waals surface area contributed by atoms with E-state index in [2.05, 4.69) is 15.3 Å². The number of anilines is 1. The van der Waals surface area contributed by atoms with Gasteiger partial charge in [-0.25, -0.2) is 9.37 Å². The summed E-state index contributed by atoms with van der Waals surface area (Å²) in [6.45, 7) is 4.43. The van der Waals surface area contributed by atoms with Crippen LogP contribution in [0.1, 0.15) is 25.0 Å². The van der Waals surface area contributed by atoms with Crippen molar-refractivity contribution in [1.82, 2.24) is 9.97 Å². The molecule has 0 fully saturated rings. The highest BCUT2D eigenvalue weighted by molar-refractivity contribution is 5.79. The van der Waals surface area contributed by atoms with Gasteiger partial charge in [0.05, 0.1) is 23.3 Å². The second kappa shape index (κ2) is 6.78. The molecule has 1 aromatic heterocycles. The summed E-state index contributed by atoms with van der Waals surface area (Å²) in [5.41, 5.74) is 2.89. The lowest BCUT2D eigenvalue weighted by Crippen LogP contribution is -2.46. The molecule has 0 saturated carbocycles. The number of benzene rings is 2. The Hall–Kier alpha value is -2.73. The number of nitrogens with zero attached hydrogens (tertiary/aromatic N) is 2. The summed E-state index contributed by atoms with van der Waals surface area (Å²) in [7, 11) is 0. The maximum Gasteiger partial charge on any atom is 0.145 e. The Bertz CT molecular complexity index is 973. The van der Waals surface area contributed by atoms with Crippen LogP contribution in [-0.4, -0.2) is 33.3 Å². The van der Waals surface area contributed by atoms with Gasteiger partial charge in [0.15, 0.2) is 0 Å². The lowest BCUT2D eigenvalue weighted by Gasteiger charge is -2.37. The third-order valence-corrected chi connectivity index (χ3v) is 4.95. The van der Waals surface area contributed by atoms with E-state index < -0.39 is 11.7 Å². The number of nitrogens with one attached hydrogen (secondary N) is 1. The number of fused-ring (bicyclic) bond motifs is 2. The van der Waals surface area contributed by atoms with E-state index in [-0.39, 0.29) is 5.82 Å². The number of aliphatic hydroxyl groups is 1. The topological polar surface area (TPSA) is 67.3 Å². The van der Waals surface area contributed by atoms with E-state index in [9.17, 15) is 9.50 Å². The van der Waals surface area contributed by atoms with Gasteiger partial charge in [-0.2, -0.15) is 0 Å². The van der Waals surface area contributed by atoms with Gasteiger partial charge in [-0.1, -0.05) is 12.1 Å².